The van der Waals surface area contributed by atoms with Gasteiger partial charge < -0.3 is 14.7 Å². The molecule has 5 rings (SSSR count). The van der Waals surface area contributed by atoms with Gasteiger partial charge in [0.2, 0.25) is 5.91 Å². The minimum Gasteiger partial charge on any atom is -0.352 e. The van der Waals surface area contributed by atoms with E-state index in [2.05, 4.69) is 14.9 Å². The van der Waals surface area contributed by atoms with Crippen molar-refractivity contribution in [3.63, 3.8) is 0 Å². The molecular weight excluding hydrogens is 402 g/mol. The predicted octanol–water partition coefficient (Wildman–Crippen LogP) is 2.83. The summed E-state index contributed by atoms with van der Waals surface area (Å²) in [7, 11) is 0. The fourth-order valence-electron chi connectivity index (χ4n) is 4.78. The van der Waals surface area contributed by atoms with Crippen LogP contribution < -0.4 is 4.90 Å². The number of amides is 2. The van der Waals surface area contributed by atoms with Gasteiger partial charge in [-0.05, 0) is 29.7 Å². The minimum atomic E-state index is -0.00497. The lowest BCUT2D eigenvalue weighted by atomic mass is 9.94. The lowest BCUT2D eigenvalue weighted by Gasteiger charge is -2.39. The number of anilines is 1. The standard InChI is InChI=1S/C25H27N5O2/c31-24(30-16-14-28(15-17-30)23-18-26-10-11-27-23)20-8-12-29(13-9-20)25(32)22-7-3-5-19-4-1-2-6-21(19)22/h1-7,10-11,18,20H,8-9,12-17H2. The fraction of sp³-hybridized carbons (Fsp3) is 0.360. The van der Waals surface area contributed by atoms with E-state index in [1.54, 1.807) is 18.6 Å². The summed E-state index contributed by atoms with van der Waals surface area (Å²) in [5.74, 6) is 1.14. The summed E-state index contributed by atoms with van der Waals surface area (Å²) in [6.45, 7) is 4.18. The molecule has 0 spiro atoms. The SMILES string of the molecule is O=C(c1cccc2ccccc12)N1CCC(C(=O)N2CCN(c3cnccn3)CC2)CC1. The van der Waals surface area contributed by atoms with Gasteiger partial charge in [-0.3, -0.25) is 14.6 Å². The summed E-state index contributed by atoms with van der Waals surface area (Å²) < 4.78 is 0. The monoisotopic (exact) mass is 429 g/mol. The van der Waals surface area contributed by atoms with E-state index in [-0.39, 0.29) is 17.7 Å². The zero-order valence-electron chi connectivity index (χ0n) is 18.1. The van der Waals surface area contributed by atoms with Crippen molar-refractivity contribution in [3.8, 4) is 0 Å². The van der Waals surface area contributed by atoms with Crippen molar-refractivity contribution in [2.45, 2.75) is 12.8 Å². The first-order chi connectivity index (χ1) is 15.7. The number of hydrogen-bond donors (Lipinski definition) is 0. The Bertz CT molecular complexity index is 1100. The third kappa shape index (κ3) is 4.02. The van der Waals surface area contributed by atoms with Crippen LogP contribution in [0.25, 0.3) is 10.8 Å². The summed E-state index contributed by atoms with van der Waals surface area (Å²) in [6, 6.07) is 13.8. The zero-order valence-corrected chi connectivity index (χ0v) is 18.1. The molecule has 0 aliphatic carbocycles. The van der Waals surface area contributed by atoms with Crippen LogP contribution in [0.2, 0.25) is 0 Å². The number of fused-ring (bicyclic) bond motifs is 1. The molecule has 164 valence electrons. The highest BCUT2D eigenvalue weighted by Crippen LogP contribution is 2.25. The number of benzene rings is 2. The number of likely N-dealkylation sites (tertiary alicyclic amines) is 1. The Morgan fingerprint density at radius 2 is 1.56 bits per heavy atom. The van der Waals surface area contributed by atoms with E-state index in [1.165, 1.54) is 0 Å². The highest BCUT2D eigenvalue weighted by atomic mass is 16.2. The van der Waals surface area contributed by atoms with Gasteiger partial charge in [0.05, 0.1) is 6.20 Å². The van der Waals surface area contributed by atoms with E-state index in [0.29, 0.717) is 26.2 Å². The quantitative estimate of drug-likeness (QED) is 0.640. The van der Waals surface area contributed by atoms with Crippen LogP contribution in [0, 0.1) is 5.92 Å². The number of nitrogens with zero attached hydrogens (tertiary/aromatic N) is 5. The second-order valence-corrected chi connectivity index (χ2v) is 8.47. The van der Waals surface area contributed by atoms with Crippen LogP contribution in [0.5, 0.6) is 0 Å². The fourth-order valence-corrected chi connectivity index (χ4v) is 4.78. The topological polar surface area (TPSA) is 69.6 Å². The molecule has 3 heterocycles. The molecule has 0 radical (unpaired) electrons. The minimum absolute atomic E-state index is 0.00497. The summed E-state index contributed by atoms with van der Waals surface area (Å²) >= 11 is 0. The van der Waals surface area contributed by atoms with Crippen molar-refractivity contribution >= 4 is 28.4 Å². The van der Waals surface area contributed by atoms with Gasteiger partial charge >= 0.3 is 0 Å². The Morgan fingerprint density at radius 3 is 2.31 bits per heavy atom. The first-order valence-electron chi connectivity index (χ1n) is 11.3. The van der Waals surface area contributed by atoms with Crippen LogP contribution in [-0.4, -0.2) is 70.9 Å². The van der Waals surface area contributed by atoms with Crippen LogP contribution >= 0.6 is 0 Å². The predicted molar refractivity (Wildman–Crippen MR) is 123 cm³/mol. The van der Waals surface area contributed by atoms with Gasteiger partial charge in [-0.2, -0.15) is 0 Å². The van der Waals surface area contributed by atoms with Gasteiger partial charge in [0.1, 0.15) is 5.82 Å². The molecule has 2 saturated heterocycles. The normalized spacial score (nSPS) is 17.6. The molecule has 7 nitrogen and oxygen atoms in total. The average molecular weight is 430 g/mol. The van der Waals surface area contributed by atoms with Crippen molar-refractivity contribution in [1.82, 2.24) is 19.8 Å². The zero-order chi connectivity index (χ0) is 21.9. The molecule has 2 fully saturated rings. The molecule has 0 unspecified atom stereocenters. The summed E-state index contributed by atoms with van der Waals surface area (Å²) in [5, 5.41) is 2.06. The lowest BCUT2D eigenvalue weighted by molar-refractivity contribution is -0.137. The number of carbonyl (C=O) groups is 2. The van der Waals surface area contributed by atoms with E-state index < -0.39 is 0 Å². The molecule has 2 amide bonds. The lowest BCUT2D eigenvalue weighted by Crippen LogP contribution is -2.52. The first-order valence-corrected chi connectivity index (χ1v) is 11.3. The van der Waals surface area contributed by atoms with E-state index in [9.17, 15) is 9.59 Å². The molecule has 32 heavy (non-hydrogen) atoms. The summed E-state index contributed by atoms with van der Waals surface area (Å²) in [6.07, 6.45) is 6.57. The van der Waals surface area contributed by atoms with Crippen LogP contribution in [0.3, 0.4) is 0 Å². The maximum atomic E-state index is 13.2. The molecule has 0 saturated carbocycles. The molecule has 7 heteroatoms. The van der Waals surface area contributed by atoms with Crippen LogP contribution in [0.15, 0.2) is 61.1 Å². The molecule has 0 atom stereocenters. The number of carbonyl (C=O) groups excluding carboxylic acids is 2. The number of piperidine rings is 1. The van der Waals surface area contributed by atoms with Gasteiger partial charge in [-0.25, -0.2) is 4.98 Å². The average Bonchev–Trinajstić information content (AvgIpc) is 2.88. The maximum Gasteiger partial charge on any atom is 0.254 e. The molecule has 0 bridgehead atoms. The third-order valence-corrected chi connectivity index (χ3v) is 6.62. The maximum absolute atomic E-state index is 13.2. The number of piperazine rings is 1. The Balaban J connectivity index is 1.17. The van der Waals surface area contributed by atoms with Crippen molar-refractivity contribution in [1.29, 1.82) is 0 Å². The van der Waals surface area contributed by atoms with Crippen molar-refractivity contribution in [2.75, 3.05) is 44.2 Å². The number of rotatable bonds is 3. The van der Waals surface area contributed by atoms with E-state index in [0.717, 1.165) is 48.1 Å². The largest absolute Gasteiger partial charge is 0.352 e. The van der Waals surface area contributed by atoms with Gasteiger partial charge in [0.25, 0.3) is 5.91 Å². The highest BCUT2D eigenvalue weighted by Gasteiger charge is 2.32. The van der Waals surface area contributed by atoms with Crippen molar-refractivity contribution in [2.24, 2.45) is 5.92 Å². The second kappa shape index (κ2) is 8.94. The first kappa shape index (κ1) is 20.4. The van der Waals surface area contributed by atoms with Crippen molar-refractivity contribution < 1.29 is 9.59 Å². The Hall–Kier alpha value is -3.48. The number of aromatic nitrogens is 2. The summed E-state index contributed by atoms with van der Waals surface area (Å²) in [4.78, 5) is 40.8. The number of hydrogen-bond acceptors (Lipinski definition) is 5. The van der Waals surface area contributed by atoms with Gasteiger partial charge in [-0.15, -0.1) is 0 Å². The van der Waals surface area contributed by atoms with Crippen LogP contribution in [0.1, 0.15) is 23.2 Å². The van der Waals surface area contributed by atoms with Crippen LogP contribution in [0.4, 0.5) is 5.82 Å². The van der Waals surface area contributed by atoms with E-state index >= 15 is 0 Å². The molecule has 1 aromatic heterocycles. The second-order valence-electron chi connectivity index (χ2n) is 8.47. The molecule has 2 aromatic carbocycles. The Kier molecular flexibility index (Phi) is 5.71. The van der Waals surface area contributed by atoms with E-state index in [4.69, 9.17) is 0 Å². The van der Waals surface area contributed by atoms with Gasteiger partial charge in [0.15, 0.2) is 0 Å². The van der Waals surface area contributed by atoms with Crippen molar-refractivity contribution in [3.05, 3.63) is 66.6 Å². The molecule has 2 aliphatic heterocycles. The summed E-state index contributed by atoms with van der Waals surface area (Å²) in [5.41, 5.74) is 0.744. The van der Waals surface area contributed by atoms with Gasteiger partial charge in [-0.1, -0.05) is 36.4 Å². The van der Waals surface area contributed by atoms with Crippen LogP contribution in [-0.2, 0) is 4.79 Å². The smallest absolute Gasteiger partial charge is 0.254 e. The molecular formula is C25H27N5O2. The Labute approximate surface area is 187 Å². The molecule has 0 N–H and O–H groups in total. The Morgan fingerprint density at radius 1 is 0.812 bits per heavy atom. The third-order valence-electron chi connectivity index (χ3n) is 6.62. The van der Waals surface area contributed by atoms with E-state index in [1.807, 2.05) is 52.3 Å². The highest BCUT2D eigenvalue weighted by molar-refractivity contribution is 6.07. The molecule has 2 aliphatic rings. The van der Waals surface area contributed by atoms with Gasteiger partial charge in [0, 0.05) is 63.1 Å². The molecule has 3 aromatic rings.